The van der Waals surface area contributed by atoms with E-state index in [1.165, 1.54) is 30.3 Å². The standard InChI is InChI=1S/C20H17FN2O3S/c1-12-7-13(2)9-16(8-12)22-18(24)11-23-19(25)17(27-20(23)26)10-14-3-5-15(21)6-4-14/h3-10H,11H2,1-2H3,(H,22,24)/b17-10+. The van der Waals surface area contributed by atoms with Crippen LogP contribution in [-0.4, -0.2) is 28.5 Å². The molecule has 0 atom stereocenters. The Kier molecular flexibility index (Phi) is 5.41. The second-order valence-corrected chi connectivity index (χ2v) is 7.24. The number of nitrogens with one attached hydrogen (secondary N) is 1. The molecule has 1 fully saturated rings. The van der Waals surface area contributed by atoms with Crippen molar-refractivity contribution >= 4 is 40.6 Å². The fourth-order valence-corrected chi connectivity index (χ4v) is 3.58. The molecule has 0 radical (unpaired) electrons. The maximum atomic E-state index is 13.0. The van der Waals surface area contributed by atoms with Crippen LogP contribution in [0, 0.1) is 19.7 Å². The molecule has 7 heteroatoms. The zero-order chi connectivity index (χ0) is 19.6. The Balaban J connectivity index is 1.69. The fraction of sp³-hybridized carbons (Fsp3) is 0.150. The van der Waals surface area contributed by atoms with Crippen molar-refractivity contribution in [1.29, 1.82) is 0 Å². The number of carbonyl (C=O) groups excluding carboxylic acids is 3. The molecule has 27 heavy (non-hydrogen) atoms. The summed E-state index contributed by atoms with van der Waals surface area (Å²) in [6.45, 7) is 3.47. The van der Waals surface area contributed by atoms with E-state index in [1.807, 2.05) is 32.0 Å². The smallest absolute Gasteiger partial charge is 0.294 e. The molecule has 0 unspecified atom stereocenters. The second kappa shape index (κ2) is 7.75. The van der Waals surface area contributed by atoms with Gasteiger partial charge in [0.1, 0.15) is 12.4 Å². The Morgan fingerprint density at radius 3 is 2.37 bits per heavy atom. The Hall–Kier alpha value is -2.93. The van der Waals surface area contributed by atoms with Crippen LogP contribution in [0.5, 0.6) is 0 Å². The minimum absolute atomic E-state index is 0.200. The van der Waals surface area contributed by atoms with Crippen molar-refractivity contribution in [3.05, 3.63) is 69.9 Å². The van der Waals surface area contributed by atoms with E-state index < -0.39 is 17.1 Å². The first kappa shape index (κ1) is 18.8. The summed E-state index contributed by atoms with van der Waals surface area (Å²) < 4.78 is 13.0. The number of thioether (sulfide) groups is 1. The molecule has 0 aliphatic carbocycles. The van der Waals surface area contributed by atoms with Crippen LogP contribution < -0.4 is 5.32 Å². The first-order chi connectivity index (χ1) is 12.8. The van der Waals surface area contributed by atoms with Gasteiger partial charge in [-0.25, -0.2) is 4.39 Å². The number of halogens is 1. The Morgan fingerprint density at radius 2 is 1.74 bits per heavy atom. The van der Waals surface area contributed by atoms with Crippen LogP contribution in [0.1, 0.15) is 16.7 Å². The van der Waals surface area contributed by atoms with Gasteiger partial charge in [-0.3, -0.25) is 19.3 Å². The third kappa shape index (κ3) is 4.62. The lowest BCUT2D eigenvalue weighted by Gasteiger charge is -2.13. The molecule has 0 spiro atoms. The third-order valence-corrected chi connectivity index (χ3v) is 4.76. The molecule has 5 nitrogen and oxygen atoms in total. The maximum absolute atomic E-state index is 13.0. The van der Waals surface area contributed by atoms with Gasteiger partial charge in [0.05, 0.1) is 4.91 Å². The van der Waals surface area contributed by atoms with E-state index in [1.54, 1.807) is 0 Å². The molecule has 1 heterocycles. The van der Waals surface area contributed by atoms with Crippen LogP contribution in [0.2, 0.25) is 0 Å². The lowest BCUT2D eigenvalue weighted by atomic mass is 10.1. The van der Waals surface area contributed by atoms with E-state index in [0.717, 1.165) is 27.8 Å². The highest BCUT2D eigenvalue weighted by Gasteiger charge is 2.36. The fourth-order valence-electron chi connectivity index (χ4n) is 2.74. The third-order valence-electron chi connectivity index (χ3n) is 3.85. The molecule has 1 N–H and O–H groups in total. The average molecular weight is 384 g/mol. The summed E-state index contributed by atoms with van der Waals surface area (Å²) in [5, 5.41) is 2.20. The lowest BCUT2D eigenvalue weighted by molar-refractivity contribution is -0.127. The van der Waals surface area contributed by atoms with Gasteiger partial charge < -0.3 is 5.32 Å². The number of hydrogen-bond acceptors (Lipinski definition) is 4. The molecule has 1 aliphatic rings. The van der Waals surface area contributed by atoms with Gasteiger partial charge >= 0.3 is 0 Å². The van der Waals surface area contributed by atoms with E-state index in [4.69, 9.17) is 0 Å². The van der Waals surface area contributed by atoms with Crippen LogP contribution in [0.15, 0.2) is 47.4 Å². The molecule has 1 saturated heterocycles. The van der Waals surface area contributed by atoms with Crippen LogP contribution in [0.4, 0.5) is 14.9 Å². The Bertz CT molecular complexity index is 934. The van der Waals surface area contributed by atoms with Crippen LogP contribution in [0.3, 0.4) is 0 Å². The Labute approximate surface area is 160 Å². The van der Waals surface area contributed by atoms with Gasteiger partial charge in [-0.05, 0) is 72.6 Å². The van der Waals surface area contributed by atoms with E-state index in [-0.39, 0.29) is 17.3 Å². The molecule has 0 aromatic heterocycles. The summed E-state index contributed by atoms with van der Waals surface area (Å²) in [6, 6.07) is 11.2. The SMILES string of the molecule is Cc1cc(C)cc(NC(=O)CN2C(=O)S/C(=C/c3ccc(F)cc3)C2=O)c1. The highest BCUT2D eigenvalue weighted by molar-refractivity contribution is 8.18. The van der Waals surface area contributed by atoms with Gasteiger partial charge in [-0.1, -0.05) is 18.2 Å². The molecular weight excluding hydrogens is 367 g/mol. The number of carbonyl (C=O) groups is 3. The van der Waals surface area contributed by atoms with Gasteiger partial charge in [0.25, 0.3) is 11.1 Å². The number of nitrogens with zero attached hydrogens (tertiary/aromatic N) is 1. The number of rotatable bonds is 4. The van der Waals surface area contributed by atoms with Gasteiger partial charge in [-0.15, -0.1) is 0 Å². The van der Waals surface area contributed by atoms with Gasteiger partial charge in [0, 0.05) is 5.69 Å². The van der Waals surface area contributed by atoms with E-state index in [9.17, 15) is 18.8 Å². The summed E-state index contributed by atoms with van der Waals surface area (Å²) >= 11 is 0.759. The van der Waals surface area contributed by atoms with Gasteiger partial charge in [0.2, 0.25) is 5.91 Å². The molecule has 0 saturated carbocycles. The lowest BCUT2D eigenvalue weighted by Crippen LogP contribution is -2.36. The predicted octanol–water partition coefficient (Wildman–Crippen LogP) is 4.12. The van der Waals surface area contributed by atoms with E-state index in [0.29, 0.717) is 11.3 Å². The summed E-state index contributed by atoms with van der Waals surface area (Å²) in [4.78, 5) is 37.9. The summed E-state index contributed by atoms with van der Waals surface area (Å²) in [6.07, 6.45) is 1.51. The summed E-state index contributed by atoms with van der Waals surface area (Å²) in [5.74, 6) is -1.38. The average Bonchev–Trinajstić information content (AvgIpc) is 2.83. The number of anilines is 1. The van der Waals surface area contributed by atoms with Crippen molar-refractivity contribution in [2.24, 2.45) is 0 Å². The first-order valence-corrected chi connectivity index (χ1v) is 9.02. The second-order valence-electron chi connectivity index (χ2n) is 6.24. The van der Waals surface area contributed by atoms with E-state index in [2.05, 4.69) is 5.32 Å². The highest BCUT2D eigenvalue weighted by Crippen LogP contribution is 2.32. The minimum Gasteiger partial charge on any atom is -0.325 e. The zero-order valence-electron chi connectivity index (χ0n) is 14.8. The topological polar surface area (TPSA) is 66.5 Å². The normalized spacial score (nSPS) is 15.5. The molecule has 1 aliphatic heterocycles. The number of amides is 3. The van der Waals surface area contributed by atoms with E-state index >= 15 is 0 Å². The quantitative estimate of drug-likeness (QED) is 0.806. The number of aryl methyl sites for hydroxylation is 2. The van der Waals surface area contributed by atoms with Crippen molar-refractivity contribution in [2.45, 2.75) is 13.8 Å². The summed E-state index contributed by atoms with van der Waals surface area (Å²) in [7, 11) is 0. The maximum Gasteiger partial charge on any atom is 0.294 e. The monoisotopic (exact) mass is 384 g/mol. The molecule has 2 aromatic rings. The van der Waals surface area contributed by atoms with Gasteiger partial charge in [0.15, 0.2) is 0 Å². The first-order valence-electron chi connectivity index (χ1n) is 8.21. The largest absolute Gasteiger partial charge is 0.325 e. The van der Waals surface area contributed by atoms with Crippen LogP contribution >= 0.6 is 11.8 Å². The molecule has 3 rings (SSSR count). The van der Waals surface area contributed by atoms with Crippen molar-refractivity contribution in [2.75, 3.05) is 11.9 Å². The molecule has 0 bridgehead atoms. The Morgan fingerprint density at radius 1 is 1.11 bits per heavy atom. The van der Waals surface area contributed by atoms with Crippen LogP contribution in [-0.2, 0) is 9.59 Å². The zero-order valence-corrected chi connectivity index (χ0v) is 15.6. The van der Waals surface area contributed by atoms with Crippen molar-refractivity contribution in [3.63, 3.8) is 0 Å². The molecule has 138 valence electrons. The summed E-state index contributed by atoms with van der Waals surface area (Å²) in [5.41, 5.74) is 3.21. The number of benzene rings is 2. The van der Waals surface area contributed by atoms with Gasteiger partial charge in [-0.2, -0.15) is 0 Å². The number of imide groups is 1. The van der Waals surface area contributed by atoms with Crippen molar-refractivity contribution in [1.82, 2.24) is 4.90 Å². The highest BCUT2D eigenvalue weighted by atomic mass is 32.2. The molecular formula is C20H17FN2O3S. The van der Waals surface area contributed by atoms with Crippen LogP contribution in [0.25, 0.3) is 6.08 Å². The minimum atomic E-state index is -0.537. The van der Waals surface area contributed by atoms with Crippen molar-refractivity contribution in [3.8, 4) is 0 Å². The molecule has 2 aromatic carbocycles. The number of hydrogen-bond donors (Lipinski definition) is 1. The molecule has 3 amide bonds. The van der Waals surface area contributed by atoms with Crippen molar-refractivity contribution < 1.29 is 18.8 Å². The predicted molar refractivity (Wildman–Crippen MR) is 104 cm³/mol.